The van der Waals surface area contributed by atoms with E-state index in [1.54, 1.807) is 0 Å². The summed E-state index contributed by atoms with van der Waals surface area (Å²) in [5.41, 5.74) is 2.71. The SMILES string of the molecule is CB/C=C/c1ccc(CC)cc1. The minimum atomic E-state index is 1.11. The molecule has 1 rings (SSSR count). The number of hydrogen-bond donors (Lipinski definition) is 0. The molecular formula is C11H15B. The Balaban J connectivity index is 2.71. The van der Waals surface area contributed by atoms with Crippen molar-refractivity contribution in [2.24, 2.45) is 0 Å². The van der Waals surface area contributed by atoms with Gasteiger partial charge in [-0.25, -0.2) is 0 Å². The van der Waals surface area contributed by atoms with Crippen molar-refractivity contribution in [3.63, 3.8) is 0 Å². The fourth-order valence-electron chi connectivity index (χ4n) is 1.12. The van der Waals surface area contributed by atoms with Crippen LogP contribution in [0.25, 0.3) is 6.08 Å². The van der Waals surface area contributed by atoms with E-state index in [2.05, 4.69) is 50.1 Å². The van der Waals surface area contributed by atoms with E-state index in [-0.39, 0.29) is 0 Å². The lowest BCUT2D eigenvalue weighted by molar-refractivity contribution is 1.14. The molecule has 0 atom stereocenters. The molecule has 1 aromatic rings. The molecule has 1 aromatic carbocycles. The quantitative estimate of drug-likeness (QED) is 0.593. The van der Waals surface area contributed by atoms with Crippen molar-refractivity contribution in [1.82, 2.24) is 0 Å². The second-order valence-corrected chi connectivity index (χ2v) is 2.91. The first-order valence-corrected chi connectivity index (χ1v) is 4.62. The highest BCUT2D eigenvalue weighted by Gasteiger charge is 1.87. The highest BCUT2D eigenvalue weighted by molar-refractivity contribution is 6.41. The molecule has 12 heavy (non-hydrogen) atoms. The van der Waals surface area contributed by atoms with Crippen LogP contribution >= 0.6 is 0 Å². The van der Waals surface area contributed by atoms with Crippen LogP contribution in [0.3, 0.4) is 0 Å². The zero-order chi connectivity index (χ0) is 8.81. The molecule has 0 saturated carbocycles. The summed E-state index contributed by atoms with van der Waals surface area (Å²) in [6, 6.07) is 8.72. The summed E-state index contributed by atoms with van der Waals surface area (Å²) < 4.78 is 0. The summed E-state index contributed by atoms with van der Waals surface area (Å²) in [6.07, 6.45) is 3.29. The van der Waals surface area contributed by atoms with Gasteiger partial charge in [-0.15, -0.1) is 5.98 Å². The number of hydrogen-bond acceptors (Lipinski definition) is 0. The molecule has 0 aliphatic rings. The average Bonchev–Trinajstić information content (AvgIpc) is 2.15. The van der Waals surface area contributed by atoms with Gasteiger partial charge in [-0.05, 0) is 17.5 Å². The van der Waals surface area contributed by atoms with Crippen LogP contribution in [0.4, 0.5) is 0 Å². The first kappa shape index (κ1) is 9.12. The number of benzene rings is 1. The summed E-state index contributed by atoms with van der Waals surface area (Å²) in [6.45, 7) is 4.33. The fourth-order valence-corrected chi connectivity index (χ4v) is 1.12. The van der Waals surface area contributed by atoms with Crippen molar-refractivity contribution >= 4 is 13.4 Å². The largest absolute Gasteiger partial charge is 0.144 e. The molecule has 0 aliphatic heterocycles. The van der Waals surface area contributed by atoms with Crippen LogP contribution in [0.2, 0.25) is 6.82 Å². The molecule has 0 N–H and O–H groups in total. The van der Waals surface area contributed by atoms with E-state index in [9.17, 15) is 0 Å². The lowest BCUT2D eigenvalue weighted by atomic mass is 9.82. The third-order valence-corrected chi connectivity index (χ3v) is 1.93. The topological polar surface area (TPSA) is 0 Å². The Morgan fingerprint density at radius 1 is 1.25 bits per heavy atom. The molecule has 62 valence electrons. The first-order chi connectivity index (χ1) is 5.86. The summed E-state index contributed by atoms with van der Waals surface area (Å²) in [5.74, 6) is 2.18. The van der Waals surface area contributed by atoms with E-state index in [0.717, 1.165) is 13.7 Å². The van der Waals surface area contributed by atoms with E-state index in [0.29, 0.717) is 0 Å². The molecule has 0 fully saturated rings. The van der Waals surface area contributed by atoms with Gasteiger partial charge in [0.15, 0.2) is 0 Å². The summed E-state index contributed by atoms with van der Waals surface area (Å²) in [7, 11) is 1.11. The van der Waals surface area contributed by atoms with Gasteiger partial charge in [0.2, 0.25) is 0 Å². The Morgan fingerprint density at radius 3 is 2.42 bits per heavy atom. The molecule has 0 bridgehead atoms. The Kier molecular flexibility index (Phi) is 3.66. The third kappa shape index (κ3) is 2.57. The fraction of sp³-hybridized carbons (Fsp3) is 0.273. The second kappa shape index (κ2) is 4.81. The van der Waals surface area contributed by atoms with Gasteiger partial charge >= 0.3 is 0 Å². The van der Waals surface area contributed by atoms with Gasteiger partial charge in [-0.1, -0.05) is 44.1 Å². The molecule has 0 nitrogen and oxygen atoms in total. The second-order valence-electron chi connectivity index (χ2n) is 2.91. The van der Waals surface area contributed by atoms with Gasteiger partial charge in [-0.2, -0.15) is 0 Å². The molecule has 1 heteroatoms. The van der Waals surface area contributed by atoms with E-state index in [1.807, 2.05) is 0 Å². The van der Waals surface area contributed by atoms with Gasteiger partial charge in [0, 0.05) is 0 Å². The van der Waals surface area contributed by atoms with Crippen molar-refractivity contribution in [3.8, 4) is 0 Å². The normalized spacial score (nSPS) is 10.5. The van der Waals surface area contributed by atoms with E-state index >= 15 is 0 Å². The number of aryl methyl sites for hydroxylation is 1. The standard InChI is InChI=1S/C11H15B/c1-3-10-4-6-11(7-5-10)8-9-12-2/h4-9,12H,3H2,1-2H3/b9-8+. The van der Waals surface area contributed by atoms with Crippen LogP contribution in [-0.4, -0.2) is 7.28 Å². The zero-order valence-electron chi connectivity index (χ0n) is 7.88. The molecule has 0 amide bonds. The summed E-state index contributed by atoms with van der Waals surface area (Å²) >= 11 is 0. The Bertz CT molecular complexity index is 246. The van der Waals surface area contributed by atoms with Crippen molar-refractivity contribution in [3.05, 3.63) is 41.4 Å². The lowest BCUT2D eigenvalue weighted by Gasteiger charge is -1.96. The van der Waals surface area contributed by atoms with Crippen molar-refractivity contribution in [2.75, 3.05) is 0 Å². The highest BCUT2D eigenvalue weighted by Crippen LogP contribution is 2.06. The van der Waals surface area contributed by atoms with Crippen LogP contribution in [0.5, 0.6) is 0 Å². The molecule has 0 radical (unpaired) electrons. The van der Waals surface area contributed by atoms with Gasteiger partial charge in [0.25, 0.3) is 0 Å². The summed E-state index contributed by atoms with van der Waals surface area (Å²) in [5, 5.41) is 0. The average molecular weight is 158 g/mol. The van der Waals surface area contributed by atoms with Crippen molar-refractivity contribution in [2.45, 2.75) is 20.2 Å². The molecule has 0 unspecified atom stereocenters. The minimum absolute atomic E-state index is 1.11. The molecule has 0 heterocycles. The third-order valence-electron chi connectivity index (χ3n) is 1.93. The maximum atomic E-state index is 2.19. The number of rotatable bonds is 3. The monoisotopic (exact) mass is 158 g/mol. The van der Waals surface area contributed by atoms with Crippen LogP contribution < -0.4 is 0 Å². The van der Waals surface area contributed by atoms with Gasteiger partial charge in [-0.3, -0.25) is 0 Å². The predicted molar refractivity (Wildman–Crippen MR) is 57.9 cm³/mol. The zero-order valence-corrected chi connectivity index (χ0v) is 7.88. The Labute approximate surface area is 75.6 Å². The summed E-state index contributed by atoms with van der Waals surface area (Å²) in [4.78, 5) is 0. The maximum absolute atomic E-state index is 2.19. The molecule has 0 spiro atoms. The molecule has 0 aliphatic carbocycles. The van der Waals surface area contributed by atoms with E-state index in [1.165, 1.54) is 11.1 Å². The van der Waals surface area contributed by atoms with Gasteiger partial charge < -0.3 is 0 Å². The van der Waals surface area contributed by atoms with Gasteiger partial charge in [0.1, 0.15) is 7.28 Å². The molecular weight excluding hydrogens is 143 g/mol. The van der Waals surface area contributed by atoms with Crippen molar-refractivity contribution < 1.29 is 0 Å². The molecule has 0 saturated heterocycles. The predicted octanol–water partition coefficient (Wildman–Crippen LogP) is 2.70. The van der Waals surface area contributed by atoms with Crippen LogP contribution in [-0.2, 0) is 6.42 Å². The van der Waals surface area contributed by atoms with Crippen LogP contribution in [0.1, 0.15) is 18.1 Å². The first-order valence-electron chi connectivity index (χ1n) is 4.62. The lowest BCUT2D eigenvalue weighted by Crippen LogP contribution is -1.79. The van der Waals surface area contributed by atoms with Crippen LogP contribution in [0, 0.1) is 0 Å². The Morgan fingerprint density at radius 2 is 1.92 bits per heavy atom. The van der Waals surface area contributed by atoms with Crippen molar-refractivity contribution in [1.29, 1.82) is 0 Å². The smallest absolute Gasteiger partial charge is 0.119 e. The highest BCUT2D eigenvalue weighted by atomic mass is 13.9. The molecule has 0 aromatic heterocycles. The van der Waals surface area contributed by atoms with E-state index in [4.69, 9.17) is 0 Å². The Hall–Kier alpha value is -0.975. The maximum Gasteiger partial charge on any atom is 0.144 e. The van der Waals surface area contributed by atoms with Crippen LogP contribution in [0.15, 0.2) is 30.2 Å². The minimum Gasteiger partial charge on any atom is -0.119 e. The van der Waals surface area contributed by atoms with E-state index < -0.39 is 0 Å². The van der Waals surface area contributed by atoms with Gasteiger partial charge in [0.05, 0.1) is 0 Å².